The van der Waals surface area contributed by atoms with Crippen LogP contribution in [-0.2, 0) is 6.42 Å². The highest BCUT2D eigenvalue weighted by Gasteiger charge is 2.13. The molecular weight excluding hydrogens is 352 g/mol. The van der Waals surface area contributed by atoms with Gasteiger partial charge >= 0.3 is 0 Å². The molecule has 3 aromatic rings. The molecule has 0 aliphatic carbocycles. The number of thiophene rings is 1. The first kappa shape index (κ1) is 14.3. The summed E-state index contributed by atoms with van der Waals surface area (Å²) >= 11 is 4.85. The number of methoxy groups -OCH3 is 1. The Kier molecular flexibility index (Phi) is 4.07. The number of halogens is 1. The average Bonchev–Trinajstić information content (AvgIpc) is 2.92. The van der Waals surface area contributed by atoms with Gasteiger partial charge in [-0.1, -0.05) is 28.1 Å². The van der Waals surface area contributed by atoms with Crippen LogP contribution in [-0.4, -0.2) is 22.4 Å². The van der Waals surface area contributed by atoms with Crippen molar-refractivity contribution >= 4 is 37.5 Å². The second-order valence-electron chi connectivity index (χ2n) is 4.51. The van der Waals surface area contributed by atoms with Crippen molar-refractivity contribution in [1.29, 1.82) is 0 Å². The molecule has 0 bridgehead atoms. The van der Waals surface area contributed by atoms with Gasteiger partial charge in [-0.05, 0) is 17.7 Å². The number of fused-ring (bicyclic) bond motifs is 1. The van der Waals surface area contributed by atoms with E-state index in [4.69, 9.17) is 4.74 Å². The van der Waals surface area contributed by atoms with Crippen LogP contribution in [0.5, 0.6) is 5.75 Å². The fraction of sp³-hybridized carbons (Fsp3) is 0.200. The van der Waals surface area contributed by atoms with Crippen LogP contribution in [0.2, 0.25) is 0 Å². The van der Waals surface area contributed by atoms with Crippen molar-refractivity contribution in [3.05, 3.63) is 45.8 Å². The van der Waals surface area contributed by atoms with Crippen molar-refractivity contribution in [1.82, 2.24) is 9.97 Å². The number of rotatable bonds is 4. The molecule has 4 nitrogen and oxygen atoms in total. The summed E-state index contributed by atoms with van der Waals surface area (Å²) in [6.07, 6.45) is 0.706. The summed E-state index contributed by atoms with van der Waals surface area (Å²) in [5.74, 6) is 1.48. The molecule has 0 aliphatic heterocycles. The monoisotopic (exact) mass is 364 g/mol. The second kappa shape index (κ2) is 5.99. The summed E-state index contributed by atoms with van der Waals surface area (Å²) in [5, 5.41) is 3.39. The summed E-state index contributed by atoms with van der Waals surface area (Å²) in [6.45, 7) is 0. The lowest BCUT2D eigenvalue weighted by atomic mass is 10.1. The smallest absolute Gasteiger partial charge is 0.260 e. The van der Waals surface area contributed by atoms with Crippen LogP contribution in [0.3, 0.4) is 0 Å². The third kappa shape index (κ3) is 2.73. The zero-order chi connectivity index (χ0) is 14.8. The molecule has 108 valence electrons. The fourth-order valence-electron chi connectivity index (χ4n) is 2.20. The van der Waals surface area contributed by atoms with E-state index in [9.17, 15) is 4.79 Å². The largest absolute Gasteiger partial charge is 0.497 e. The molecule has 1 aromatic carbocycles. The highest BCUT2D eigenvalue weighted by atomic mass is 79.9. The molecule has 2 aromatic heterocycles. The Balaban J connectivity index is 2.18. The Morgan fingerprint density at radius 3 is 3.05 bits per heavy atom. The summed E-state index contributed by atoms with van der Waals surface area (Å²) < 4.78 is 5.24. The highest BCUT2D eigenvalue weighted by molar-refractivity contribution is 9.09. The summed E-state index contributed by atoms with van der Waals surface area (Å²) in [6, 6.07) is 7.69. The predicted molar refractivity (Wildman–Crippen MR) is 89.7 cm³/mol. The number of nitrogens with zero attached hydrogens (tertiary/aromatic N) is 1. The normalized spacial score (nSPS) is 11.0. The molecule has 0 spiro atoms. The minimum absolute atomic E-state index is 0.0879. The van der Waals surface area contributed by atoms with Gasteiger partial charge in [0.25, 0.3) is 5.56 Å². The number of benzene rings is 1. The third-order valence-electron chi connectivity index (χ3n) is 3.21. The molecule has 0 saturated carbocycles. The lowest BCUT2D eigenvalue weighted by Gasteiger charge is -2.03. The first-order valence-electron chi connectivity index (χ1n) is 6.43. The van der Waals surface area contributed by atoms with Crippen molar-refractivity contribution in [3.8, 4) is 16.9 Å². The molecule has 0 fully saturated rings. The number of ether oxygens (including phenoxy) is 1. The number of aryl methyl sites for hydroxylation is 1. The molecule has 0 aliphatic rings. The van der Waals surface area contributed by atoms with Gasteiger partial charge in [0.2, 0.25) is 0 Å². The first-order valence-corrected chi connectivity index (χ1v) is 8.44. The minimum atomic E-state index is -0.0879. The SMILES string of the molecule is COc1cccc(-c2csc3nc(CCBr)[nH]c(=O)c23)c1. The predicted octanol–water partition coefficient (Wildman–Crippen LogP) is 3.60. The van der Waals surface area contributed by atoms with Crippen LogP contribution >= 0.6 is 27.3 Å². The summed E-state index contributed by atoms with van der Waals surface area (Å²) in [7, 11) is 1.63. The van der Waals surface area contributed by atoms with E-state index in [1.807, 2.05) is 29.6 Å². The van der Waals surface area contributed by atoms with Gasteiger partial charge in [0.05, 0.1) is 12.5 Å². The molecule has 6 heteroatoms. The van der Waals surface area contributed by atoms with Crippen LogP contribution in [0.4, 0.5) is 0 Å². The van der Waals surface area contributed by atoms with E-state index < -0.39 is 0 Å². The van der Waals surface area contributed by atoms with Gasteiger partial charge in [0.15, 0.2) is 0 Å². The van der Waals surface area contributed by atoms with E-state index in [-0.39, 0.29) is 5.56 Å². The maximum absolute atomic E-state index is 12.3. The maximum atomic E-state index is 12.3. The molecule has 0 unspecified atom stereocenters. The second-order valence-corrected chi connectivity index (χ2v) is 6.16. The molecule has 0 saturated heterocycles. The lowest BCUT2D eigenvalue weighted by Crippen LogP contribution is -2.11. The van der Waals surface area contributed by atoms with Crippen LogP contribution < -0.4 is 10.3 Å². The number of nitrogens with one attached hydrogen (secondary N) is 1. The van der Waals surface area contributed by atoms with Gasteiger partial charge in [0, 0.05) is 22.7 Å². The quantitative estimate of drug-likeness (QED) is 0.719. The highest BCUT2D eigenvalue weighted by Crippen LogP contribution is 2.32. The van der Waals surface area contributed by atoms with Crippen molar-refractivity contribution in [2.45, 2.75) is 6.42 Å². The average molecular weight is 365 g/mol. The number of hydrogen-bond donors (Lipinski definition) is 1. The van der Waals surface area contributed by atoms with Gasteiger partial charge in [-0.15, -0.1) is 11.3 Å². The number of aromatic amines is 1. The molecule has 0 atom stereocenters. The summed E-state index contributed by atoms with van der Waals surface area (Å²) in [5.41, 5.74) is 1.77. The van der Waals surface area contributed by atoms with E-state index in [0.717, 1.165) is 27.0 Å². The molecule has 0 radical (unpaired) electrons. The number of aromatic nitrogens is 2. The van der Waals surface area contributed by atoms with E-state index in [1.54, 1.807) is 7.11 Å². The van der Waals surface area contributed by atoms with Gasteiger partial charge in [-0.25, -0.2) is 4.98 Å². The van der Waals surface area contributed by atoms with Gasteiger partial charge < -0.3 is 9.72 Å². The van der Waals surface area contributed by atoms with Crippen LogP contribution in [0.15, 0.2) is 34.4 Å². The summed E-state index contributed by atoms with van der Waals surface area (Å²) in [4.78, 5) is 20.5. The Labute approximate surface area is 133 Å². The minimum Gasteiger partial charge on any atom is -0.497 e. The third-order valence-corrected chi connectivity index (χ3v) is 4.47. The van der Waals surface area contributed by atoms with E-state index in [2.05, 4.69) is 25.9 Å². The topological polar surface area (TPSA) is 55.0 Å². The Morgan fingerprint density at radius 1 is 1.43 bits per heavy atom. The van der Waals surface area contributed by atoms with E-state index in [1.165, 1.54) is 11.3 Å². The van der Waals surface area contributed by atoms with Crippen LogP contribution in [0.1, 0.15) is 5.82 Å². The Morgan fingerprint density at radius 2 is 2.29 bits per heavy atom. The maximum Gasteiger partial charge on any atom is 0.260 e. The van der Waals surface area contributed by atoms with Crippen LogP contribution in [0.25, 0.3) is 21.3 Å². The number of H-pyrrole nitrogens is 1. The van der Waals surface area contributed by atoms with Crippen LogP contribution in [0, 0.1) is 0 Å². The standard InChI is InChI=1S/C15H13BrN2O2S/c1-20-10-4-2-3-9(7-10)11-8-21-15-13(11)14(19)17-12(18-15)5-6-16/h2-4,7-8H,5-6H2,1H3,(H,17,18,19). The van der Waals surface area contributed by atoms with Crippen molar-refractivity contribution < 1.29 is 4.74 Å². The van der Waals surface area contributed by atoms with Gasteiger partial charge in [-0.3, -0.25) is 4.79 Å². The Hall–Kier alpha value is -1.66. The molecule has 21 heavy (non-hydrogen) atoms. The van der Waals surface area contributed by atoms with Crippen molar-refractivity contribution in [3.63, 3.8) is 0 Å². The molecule has 1 N–H and O–H groups in total. The zero-order valence-electron chi connectivity index (χ0n) is 11.4. The number of alkyl halides is 1. The Bertz CT molecular complexity index is 841. The number of hydrogen-bond acceptors (Lipinski definition) is 4. The molecular formula is C15H13BrN2O2S. The molecule has 3 rings (SSSR count). The van der Waals surface area contributed by atoms with E-state index >= 15 is 0 Å². The van der Waals surface area contributed by atoms with E-state index in [0.29, 0.717) is 17.6 Å². The van der Waals surface area contributed by atoms with Gasteiger partial charge in [0.1, 0.15) is 16.4 Å². The molecule has 0 amide bonds. The van der Waals surface area contributed by atoms with Crippen molar-refractivity contribution in [2.24, 2.45) is 0 Å². The first-order chi connectivity index (χ1) is 10.2. The van der Waals surface area contributed by atoms with Crippen molar-refractivity contribution in [2.75, 3.05) is 12.4 Å². The zero-order valence-corrected chi connectivity index (χ0v) is 13.8. The fourth-order valence-corrected chi connectivity index (χ4v) is 3.55. The van der Waals surface area contributed by atoms with Gasteiger partial charge in [-0.2, -0.15) is 0 Å². The molecule has 2 heterocycles. The lowest BCUT2D eigenvalue weighted by molar-refractivity contribution is 0.415.